The van der Waals surface area contributed by atoms with Crippen molar-refractivity contribution in [2.24, 2.45) is 0 Å². The van der Waals surface area contributed by atoms with Gasteiger partial charge in [0.2, 0.25) is 5.95 Å². The van der Waals surface area contributed by atoms with Crippen LogP contribution < -0.4 is 25.1 Å². The number of terminal acetylenes is 1. The fourth-order valence-electron chi connectivity index (χ4n) is 8.57. The second-order valence-electron chi connectivity index (χ2n) is 17.5. The lowest BCUT2D eigenvalue weighted by molar-refractivity contribution is -0.118. The molecule has 0 spiro atoms. The number of hydrogen-bond donors (Lipinski definition) is 2. The summed E-state index contributed by atoms with van der Waals surface area (Å²) in [6.45, 7) is 12.4. The van der Waals surface area contributed by atoms with Gasteiger partial charge in [0, 0.05) is 25.6 Å². The molecular weight excluding hydrogens is 912 g/mol. The first-order chi connectivity index (χ1) is 33.8. The number of carbonyl (C=O) groups is 1. The van der Waals surface area contributed by atoms with Gasteiger partial charge in [-0.2, -0.15) is 4.98 Å². The third-order valence-electron chi connectivity index (χ3n) is 12.0. The van der Waals surface area contributed by atoms with Crippen LogP contribution in [-0.2, 0) is 33.7 Å². The van der Waals surface area contributed by atoms with E-state index in [9.17, 15) is 9.59 Å². The molecule has 2 aromatic heterocycles. The minimum absolute atomic E-state index is 0.0135. The molecule has 5 unspecified atom stereocenters. The van der Waals surface area contributed by atoms with E-state index in [1.807, 2.05) is 103 Å². The lowest BCUT2D eigenvalue weighted by Gasteiger charge is -2.39. The van der Waals surface area contributed by atoms with Gasteiger partial charge in [-0.25, -0.2) is 9.65 Å². The van der Waals surface area contributed by atoms with Crippen LogP contribution in [0.25, 0.3) is 11.2 Å². The highest BCUT2D eigenvalue weighted by molar-refractivity contribution is 7.44. The summed E-state index contributed by atoms with van der Waals surface area (Å²) in [7, 11) is 3.03. The van der Waals surface area contributed by atoms with E-state index in [0.29, 0.717) is 29.6 Å². The first kappa shape index (κ1) is 51.7. The monoisotopic (exact) mass is 974 g/mol. The molecule has 0 saturated carbocycles. The quantitative estimate of drug-likeness (QED) is 0.0270. The number of aromatic nitrogens is 4. The van der Waals surface area contributed by atoms with Gasteiger partial charge in [-0.1, -0.05) is 80.6 Å². The summed E-state index contributed by atoms with van der Waals surface area (Å²) in [6, 6.07) is 33.0. The number of nitrogens with zero attached hydrogens (tertiary/aromatic N) is 4. The smallest absolute Gasteiger partial charge is 0.280 e. The molecule has 17 heteroatoms. The van der Waals surface area contributed by atoms with E-state index in [-0.39, 0.29) is 49.0 Å². The Bertz CT molecular complexity index is 2670. The summed E-state index contributed by atoms with van der Waals surface area (Å²) < 4.78 is 55.2. The lowest BCUT2D eigenvalue weighted by atomic mass is 9.80. The van der Waals surface area contributed by atoms with Gasteiger partial charge in [0.05, 0.1) is 33.8 Å². The SMILES string of the molecule is C#CCCOP(OC1C(COC(c2ccccc2)(c2ccc(OC)cc2)c2ccc(OC)cc2)OC(n2cnc3c(=O)[nH]c(NC(=O)COc4ccc(C(C)C)cc4)nc32)C1OC)N(C(C)C)C(C)C. The molecule has 1 saturated heterocycles. The van der Waals surface area contributed by atoms with Crippen LogP contribution in [0.3, 0.4) is 0 Å². The molecule has 2 N–H and O–H groups in total. The Kier molecular flexibility index (Phi) is 17.5. The number of methoxy groups -OCH3 is 3. The normalized spacial score (nSPS) is 17.6. The van der Waals surface area contributed by atoms with Crippen LogP contribution in [0.2, 0.25) is 0 Å². The van der Waals surface area contributed by atoms with Crippen molar-refractivity contribution in [3.05, 3.63) is 142 Å². The van der Waals surface area contributed by atoms with Gasteiger partial charge in [0.1, 0.15) is 41.2 Å². The maximum absolute atomic E-state index is 13.6. The molecule has 3 heterocycles. The molecule has 0 bridgehead atoms. The van der Waals surface area contributed by atoms with E-state index in [0.717, 1.165) is 22.3 Å². The van der Waals surface area contributed by atoms with Crippen molar-refractivity contribution in [2.75, 3.05) is 46.5 Å². The third kappa shape index (κ3) is 11.5. The van der Waals surface area contributed by atoms with Crippen molar-refractivity contribution in [3.8, 4) is 29.6 Å². The molecule has 16 nitrogen and oxygen atoms in total. The maximum Gasteiger partial charge on any atom is 0.280 e. The van der Waals surface area contributed by atoms with Crippen LogP contribution in [0.4, 0.5) is 5.95 Å². The van der Waals surface area contributed by atoms with E-state index in [4.69, 9.17) is 43.9 Å². The molecule has 1 aliphatic rings. The highest BCUT2D eigenvalue weighted by Gasteiger charge is 2.51. The molecule has 7 rings (SSSR count). The van der Waals surface area contributed by atoms with E-state index < -0.39 is 50.1 Å². The van der Waals surface area contributed by atoms with E-state index in [1.54, 1.807) is 25.9 Å². The molecule has 5 atom stereocenters. The molecule has 1 amide bonds. The largest absolute Gasteiger partial charge is 0.497 e. The molecule has 1 fully saturated rings. The van der Waals surface area contributed by atoms with Crippen molar-refractivity contribution in [3.63, 3.8) is 0 Å². The van der Waals surface area contributed by atoms with Crippen LogP contribution in [-0.4, -0.2) is 102 Å². The second-order valence-corrected chi connectivity index (χ2v) is 18.9. The van der Waals surface area contributed by atoms with E-state index in [2.05, 4.69) is 72.4 Å². The Balaban J connectivity index is 1.29. The molecule has 0 aliphatic carbocycles. The molecular formula is C53H63N6O10P. The molecule has 6 aromatic rings. The predicted molar refractivity (Wildman–Crippen MR) is 269 cm³/mol. The van der Waals surface area contributed by atoms with Gasteiger partial charge >= 0.3 is 0 Å². The molecule has 1 aliphatic heterocycles. The Morgan fingerprint density at radius 2 is 1.46 bits per heavy atom. The Hall–Kier alpha value is -6.15. The molecule has 4 aromatic carbocycles. The van der Waals surface area contributed by atoms with Crippen LogP contribution in [0.5, 0.6) is 17.2 Å². The van der Waals surface area contributed by atoms with Crippen LogP contribution in [0.15, 0.2) is 114 Å². The summed E-state index contributed by atoms with van der Waals surface area (Å²) in [4.78, 5) is 38.6. The number of imidazole rings is 1. The Labute approximate surface area is 410 Å². The predicted octanol–water partition coefficient (Wildman–Crippen LogP) is 8.97. The highest BCUT2D eigenvalue weighted by atomic mass is 31.2. The van der Waals surface area contributed by atoms with Crippen molar-refractivity contribution >= 4 is 31.5 Å². The fraction of sp³-hybridized carbons (Fsp3) is 0.396. The first-order valence-corrected chi connectivity index (χ1v) is 24.4. The standard InChI is InChI=1S/C53H63N6O10P/c1-11-12-30-67-70(59(35(4)5)36(6)7)69-47-44(31-66-53(38-16-14-13-15-17-38,39-20-26-41(62-8)27-21-39)40-22-28-42(63-9)29-23-40)68-51(48(47)64-10)58-33-54-46-49(58)56-52(57-50(46)61)55-45(60)32-65-43-24-18-37(19-25-43)34(2)3/h1,13-29,33-36,44,47-48,51H,12,30-32H2,2-10H3,(H2,55,56,57,60,61). The summed E-state index contributed by atoms with van der Waals surface area (Å²) in [6.07, 6.45) is 4.01. The van der Waals surface area contributed by atoms with Crippen molar-refractivity contribution in [2.45, 2.75) is 96.1 Å². The van der Waals surface area contributed by atoms with Crippen LogP contribution in [0, 0.1) is 12.3 Å². The number of aromatic amines is 1. The van der Waals surface area contributed by atoms with Gasteiger partial charge in [-0.3, -0.25) is 24.5 Å². The molecule has 0 radical (unpaired) electrons. The minimum atomic E-state index is -1.78. The topological polar surface area (TPSA) is 170 Å². The number of ether oxygens (including phenoxy) is 6. The van der Waals surface area contributed by atoms with Crippen molar-refractivity contribution in [1.29, 1.82) is 0 Å². The number of benzene rings is 4. The average molecular weight is 975 g/mol. The van der Waals surface area contributed by atoms with Crippen molar-refractivity contribution < 1.29 is 42.3 Å². The third-order valence-corrected chi connectivity index (χ3v) is 14.1. The fourth-order valence-corrected chi connectivity index (χ4v) is 10.3. The number of amides is 1. The number of hydrogen-bond acceptors (Lipinski definition) is 13. The number of rotatable bonds is 23. The summed E-state index contributed by atoms with van der Waals surface area (Å²) in [5, 5.41) is 2.67. The van der Waals surface area contributed by atoms with Crippen LogP contribution in [0.1, 0.15) is 82.4 Å². The molecule has 70 heavy (non-hydrogen) atoms. The minimum Gasteiger partial charge on any atom is -0.497 e. The Morgan fingerprint density at radius 3 is 2.01 bits per heavy atom. The number of fused-ring (bicyclic) bond motifs is 1. The summed E-state index contributed by atoms with van der Waals surface area (Å²) in [5.74, 6) is 4.26. The lowest BCUT2D eigenvalue weighted by Crippen LogP contribution is -2.42. The van der Waals surface area contributed by atoms with E-state index >= 15 is 0 Å². The zero-order chi connectivity index (χ0) is 50.0. The number of carbonyl (C=O) groups excluding carboxylic acids is 1. The van der Waals surface area contributed by atoms with E-state index in [1.165, 1.54) is 6.33 Å². The van der Waals surface area contributed by atoms with Gasteiger partial charge < -0.3 is 37.5 Å². The van der Waals surface area contributed by atoms with Crippen molar-refractivity contribution in [1.82, 2.24) is 24.2 Å². The number of nitrogens with one attached hydrogen (secondary N) is 2. The average Bonchev–Trinajstić information content (AvgIpc) is 3.95. The second kappa shape index (κ2) is 23.6. The van der Waals surface area contributed by atoms with Gasteiger partial charge in [0.15, 0.2) is 24.0 Å². The van der Waals surface area contributed by atoms with Gasteiger partial charge in [-0.15, -0.1) is 12.3 Å². The summed E-state index contributed by atoms with van der Waals surface area (Å²) >= 11 is 0. The number of H-pyrrole nitrogens is 1. The van der Waals surface area contributed by atoms with Gasteiger partial charge in [-0.05, 0) is 92.3 Å². The van der Waals surface area contributed by atoms with Gasteiger partial charge in [0.25, 0.3) is 20.0 Å². The maximum atomic E-state index is 13.6. The Morgan fingerprint density at radius 1 is 0.857 bits per heavy atom. The zero-order valence-electron chi connectivity index (χ0n) is 41.2. The first-order valence-electron chi connectivity index (χ1n) is 23.3. The zero-order valence-corrected chi connectivity index (χ0v) is 42.1. The number of anilines is 1. The summed E-state index contributed by atoms with van der Waals surface area (Å²) in [5.41, 5.74) is 1.98. The van der Waals surface area contributed by atoms with Crippen LogP contribution >= 0.6 is 8.53 Å². The molecule has 370 valence electrons. The highest BCUT2D eigenvalue weighted by Crippen LogP contribution is 2.51.